The number of pyridine rings is 1. The van der Waals surface area contributed by atoms with Gasteiger partial charge in [-0.2, -0.15) is 4.36 Å². The maximum Gasteiger partial charge on any atom is 0.287 e. The number of aromatic nitrogens is 1. The highest BCUT2D eigenvalue weighted by atomic mass is 79.9. The number of hydrogen-bond donors (Lipinski definition) is 0. The second-order valence-corrected chi connectivity index (χ2v) is 6.22. The predicted molar refractivity (Wildman–Crippen MR) is 58.7 cm³/mol. The van der Waals surface area contributed by atoms with Gasteiger partial charge in [-0.3, -0.25) is 4.79 Å². The molecule has 0 radical (unpaired) electrons. The largest absolute Gasteiger partial charge is 0.287 e. The predicted octanol–water partition coefficient (Wildman–Crippen LogP) is 1.71. The number of rotatable bonds is 1. The van der Waals surface area contributed by atoms with E-state index < -0.39 is 15.6 Å². The second kappa shape index (κ2) is 4.18. The molecule has 0 aliphatic rings. The topological polar surface area (TPSA) is 59.4 Å². The quantitative estimate of drug-likeness (QED) is 0.734. The zero-order valence-electron chi connectivity index (χ0n) is 7.73. The van der Waals surface area contributed by atoms with Crippen LogP contribution in [0.2, 0.25) is 0 Å². The number of nitrogens with zero attached hydrogens (tertiary/aromatic N) is 2. The molecule has 1 aromatic rings. The first-order chi connectivity index (χ1) is 6.40. The van der Waals surface area contributed by atoms with Crippen LogP contribution in [0.25, 0.3) is 0 Å². The van der Waals surface area contributed by atoms with Crippen molar-refractivity contribution in [3.63, 3.8) is 0 Å². The van der Waals surface area contributed by atoms with E-state index in [0.29, 0.717) is 10.2 Å². The molecule has 0 bridgehead atoms. The van der Waals surface area contributed by atoms with Gasteiger partial charge >= 0.3 is 0 Å². The maximum absolute atomic E-state index is 11.5. The zero-order chi connectivity index (χ0) is 10.8. The summed E-state index contributed by atoms with van der Waals surface area (Å²) in [5, 5.41) is 0. The first-order valence-corrected chi connectivity index (χ1v) is 6.84. The summed E-state index contributed by atoms with van der Waals surface area (Å²) in [5.74, 6) is -0.514. The molecule has 76 valence electrons. The van der Waals surface area contributed by atoms with E-state index in [0.717, 1.165) is 0 Å². The highest BCUT2D eigenvalue weighted by molar-refractivity contribution is 9.10. The van der Waals surface area contributed by atoms with Crippen molar-refractivity contribution in [2.24, 2.45) is 4.36 Å². The fourth-order valence-electron chi connectivity index (χ4n) is 0.794. The number of amides is 1. The van der Waals surface area contributed by atoms with Crippen molar-refractivity contribution in [3.8, 4) is 0 Å². The average Bonchev–Trinajstić information content (AvgIpc) is 2.01. The van der Waals surface area contributed by atoms with Gasteiger partial charge in [0.05, 0.1) is 5.56 Å². The molecular weight excluding hydrogens is 268 g/mol. The third-order valence-electron chi connectivity index (χ3n) is 1.29. The molecule has 1 rings (SSSR count). The fourth-order valence-corrected chi connectivity index (χ4v) is 1.71. The SMILES string of the molecule is CS(C)(=O)=NC(=O)c1cccnc1Br. The van der Waals surface area contributed by atoms with Gasteiger partial charge in [0.2, 0.25) is 0 Å². The molecule has 0 N–H and O–H groups in total. The minimum atomic E-state index is -2.41. The van der Waals surface area contributed by atoms with E-state index in [4.69, 9.17) is 0 Å². The smallest absolute Gasteiger partial charge is 0.266 e. The van der Waals surface area contributed by atoms with Crippen molar-refractivity contribution in [2.45, 2.75) is 0 Å². The molecule has 1 aromatic heterocycles. The third kappa shape index (κ3) is 3.19. The van der Waals surface area contributed by atoms with E-state index in [1.54, 1.807) is 18.3 Å². The molecule has 0 saturated heterocycles. The van der Waals surface area contributed by atoms with Gasteiger partial charge in [-0.15, -0.1) is 0 Å². The zero-order valence-corrected chi connectivity index (χ0v) is 10.1. The first kappa shape index (κ1) is 11.3. The van der Waals surface area contributed by atoms with Gasteiger partial charge in [0.25, 0.3) is 5.91 Å². The van der Waals surface area contributed by atoms with Gasteiger partial charge in [0.15, 0.2) is 0 Å². The summed E-state index contributed by atoms with van der Waals surface area (Å²) in [5.41, 5.74) is 0.323. The molecule has 0 fully saturated rings. The van der Waals surface area contributed by atoms with Gasteiger partial charge in [-0.05, 0) is 28.1 Å². The van der Waals surface area contributed by atoms with Gasteiger partial charge in [-0.25, -0.2) is 9.19 Å². The van der Waals surface area contributed by atoms with Crippen LogP contribution in [0.15, 0.2) is 27.3 Å². The maximum atomic E-state index is 11.5. The van der Waals surface area contributed by atoms with E-state index in [9.17, 15) is 9.00 Å². The van der Waals surface area contributed by atoms with Gasteiger partial charge in [-0.1, -0.05) is 0 Å². The molecule has 4 nitrogen and oxygen atoms in total. The lowest BCUT2D eigenvalue weighted by atomic mass is 10.3. The molecule has 0 aromatic carbocycles. The number of carbonyl (C=O) groups excluding carboxylic acids is 1. The van der Waals surface area contributed by atoms with Crippen LogP contribution in [0.1, 0.15) is 10.4 Å². The van der Waals surface area contributed by atoms with Crippen molar-refractivity contribution in [3.05, 3.63) is 28.5 Å². The minimum absolute atomic E-state index is 0.323. The Morgan fingerprint density at radius 2 is 2.21 bits per heavy atom. The molecule has 14 heavy (non-hydrogen) atoms. The monoisotopic (exact) mass is 276 g/mol. The molecular formula is C8H9BrN2O2S. The Kier molecular flexibility index (Phi) is 3.38. The molecule has 0 aliphatic carbocycles. The Balaban J connectivity index is 3.16. The van der Waals surface area contributed by atoms with Crippen molar-refractivity contribution in [2.75, 3.05) is 12.5 Å². The van der Waals surface area contributed by atoms with Crippen LogP contribution in [0, 0.1) is 0 Å². The van der Waals surface area contributed by atoms with Crippen molar-refractivity contribution < 1.29 is 9.00 Å². The standard InChI is InChI=1S/C8H9BrN2O2S/c1-14(2,13)11-8(12)6-4-3-5-10-7(6)9/h3-5H,1-2H3. The molecule has 6 heteroatoms. The summed E-state index contributed by atoms with van der Waals surface area (Å²) in [6.07, 6.45) is 4.38. The number of halogens is 1. The number of carbonyl (C=O) groups is 1. The Bertz CT molecular complexity index is 470. The molecule has 1 heterocycles. The molecule has 1 amide bonds. The van der Waals surface area contributed by atoms with E-state index in [-0.39, 0.29) is 0 Å². The van der Waals surface area contributed by atoms with Crippen LogP contribution in [0.4, 0.5) is 0 Å². The third-order valence-corrected chi connectivity index (χ3v) is 2.53. The molecule has 0 atom stereocenters. The van der Waals surface area contributed by atoms with Gasteiger partial charge in [0.1, 0.15) is 4.60 Å². The van der Waals surface area contributed by atoms with Crippen molar-refractivity contribution >= 4 is 31.6 Å². The van der Waals surface area contributed by atoms with Crippen LogP contribution in [0.3, 0.4) is 0 Å². The summed E-state index contributed by atoms with van der Waals surface area (Å²) in [7, 11) is -2.41. The van der Waals surface area contributed by atoms with Crippen LogP contribution < -0.4 is 0 Å². The van der Waals surface area contributed by atoms with Crippen molar-refractivity contribution in [1.82, 2.24) is 4.98 Å². The first-order valence-electron chi connectivity index (χ1n) is 3.72. The lowest BCUT2D eigenvalue weighted by Gasteiger charge is -1.98. The molecule has 0 aliphatic heterocycles. The molecule has 0 unspecified atom stereocenters. The van der Waals surface area contributed by atoms with E-state index in [2.05, 4.69) is 25.3 Å². The summed E-state index contributed by atoms with van der Waals surface area (Å²) >= 11 is 3.12. The molecule has 0 saturated carbocycles. The average molecular weight is 277 g/mol. The summed E-state index contributed by atoms with van der Waals surface area (Å²) in [6, 6.07) is 3.20. The summed E-state index contributed by atoms with van der Waals surface area (Å²) in [6.45, 7) is 0. The van der Waals surface area contributed by atoms with Crippen LogP contribution >= 0.6 is 15.9 Å². The fraction of sp³-hybridized carbons (Fsp3) is 0.250. The van der Waals surface area contributed by atoms with Gasteiger partial charge in [0, 0.05) is 28.4 Å². The number of hydrogen-bond acceptors (Lipinski definition) is 3. The van der Waals surface area contributed by atoms with Crippen molar-refractivity contribution in [1.29, 1.82) is 0 Å². The lowest BCUT2D eigenvalue weighted by molar-refractivity contribution is 0.100. The lowest BCUT2D eigenvalue weighted by Crippen LogP contribution is -2.02. The Morgan fingerprint density at radius 3 is 2.71 bits per heavy atom. The Hall–Kier alpha value is -0.750. The molecule has 0 spiro atoms. The highest BCUT2D eigenvalue weighted by Crippen LogP contribution is 2.13. The van der Waals surface area contributed by atoms with E-state index >= 15 is 0 Å². The minimum Gasteiger partial charge on any atom is -0.266 e. The van der Waals surface area contributed by atoms with Crippen LogP contribution in [0.5, 0.6) is 0 Å². The van der Waals surface area contributed by atoms with Crippen LogP contribution in [-0.4, -0.2) is 27.6 Å². The van der Waals surface area contributed by atoms with E-state index in [1.165, 1.54) is 12.5 Å². The normalized spacial score (nSPS) is 11.1. The highest BCUT2D eigenvalue weighted by Gasteiger charge is 2.10. The van der Waals surface area contributed by atoms with E-state index in [1.807, 2.05) is 0 Å². The Morgan fingerprint density at radius 1 is 1.57 bits per heavy atom. The van der Waals surface area contributed by atoms with Crippen LogP contribution in [-0.2, 0) is 9.73 Å². The Labute approximate surface area is 91.1 Å². The van der Waals surface area contributed by atoms with Gasteiger partial charge < -0.3 is 0 Å². The summed E-state index contributed by atoms with van der Waals surface area (Å²) in [4.78, 5) is 15.3. The summed E-state index contributed by atoms with van der Waals surface area (Å²) < 4.78 is 15.2. The second-order valence-electron chi connectivity index (χ2n) is 2.92.